The molecule has 0 saturated heterocycles. The van der Waals surface area contributed by atoms with Gasteiger partial charge >= 0.3 is 0 Å². The summed E-state index contributed by atoms with van der Waals surface area (Å²) in [4.78, 5) is 3.78. The summed E-state index contributed by atoms with van der Waals surface area (Å²) >= 11 is 5.59. The van der Waals surface area contributed by atoms with Crippen LogP contribution in [-0.2, 0) is 11.3 Å². The average Bonchev–Trinajstić information content (AvgIpc) is 1.88. The van der Waals surface area contributed by atoms with E-state index in [2.05, 4.69) is 11.1 Å². The number of hydrogen-bond acceptors (Lipinski definition) is 2. The zero-order valence-electron chi connectivity index (χ0n) is 5.60. The van der Waals surface area contributed by atoms with Gasteiger partial charge in [0.05, 0.1) is 6.61 Å². The zero-order valence-corrected chi connectivity index (χ0v) is 6.35. The molecule has 1 rings (SSSR count). The lowest BCUT2D eigenvalue weighted by Gasteiger charge is -1.96. The molecule has 0 unspecified atom stereocenters. The number of pyridine rings is 1. The van der Waals surface area contributed by atoms with E-state index in [1.807, 2.05) is 0 Å². The zero-order chi connectivity index (χ0) is 7.40. The van der Waals surface area contributed by atoms with Crippen molar-refractivity contribution in [2.45, 2.75) is 6.61 Å². The second-order valence-corrected chi connectivity index (χ2v) is 2.22. The van der Waals surface area contributed by atoms with Crippen LogP contribution < -0.4 is 0 Å². The largest absolute Gasteiger partial charge is 0.380 e. The molecule has 0 atom stereocenters. The van der Waals surface area contributed by atoms with E-state index < -0.39 is 0 Å². The van der Waals surface area contributed by atoms with Gasteiger partial charge in [0.1, 0.15) is 5.15 Å². The van der Waals surface area contributed by atoms with Gasteiger partial charge in [-0.15, -0.1) is 0 Å². The molecule has 2 nitrogen and oxygen atoms in total. The highest BCUT2D eigenvalue weighted by Gasteiger charge is 1.92. The van der Waals surface area contributed by atoms with Crippen molar-refractivity contribution in [1.82, 2.24) is 4.98 Å². The van der Waals surface area contributed by atoms with Crippen LogP contribution in [-0.4, -0.2) is 12.1 Å². The number of ether oxygens (including phenoxy) is 1. The number of rotatable bonds is 2. The van der Waals surface area contributed by atoms with E-state index in [1.165, 1.54) is 6.20 Å². The molecule has 0 aliphatic carbocycles. The van der Waals surface area contributed by atoms with Gasteiger partial charge in [-0.05, 0) is 11.6 Å². The third-order valence-corrected chi connectivity index (χ3v) is 1.24. The van der Waals surface area contributed by atoms with E-state index in [-0.39, 0.29) is 0 Å². The summed E-state index contributed by atoms with van der Waals surface area (Å²) in [6.45, 7) is 0.530. The fourth-order valence-corrected chi connectivity index (χ4v) is 0.819. The predicted octanol–water partition coefficient (Wildman–Crippen LogP) is 1.68. The molecule has 0 fully saturated rings. The third kappa shape index (κ3) is 1.97. The Kier molecular flexibility index (Phi) is 2.66. The lowest BCUT2D eigenvalue weighted by Crippen LogP contribution is -1.87. The van der Waals surface area contributed by atoms with Gasteiger partial charge in [-0.2, -0.15) is 0 Å². The van der Waals surface area contributed by atoms with Crippen LogP contribution in [0.3, 0.4) is 0 Å². The molecule has 0 aliphatic rings. The molecule has 53 valence electrons. The molecule has 3 heteroatoms. The summed E-state index contributed by atoms with van der Waals surface area (Å²) in [5.41, 5.74) is 0.919. The summed E-state index contributed by atoms with van der Waals surface area (Å²) in [5, 5.41) is 0.478. The molecule has 0 aliphatic heterocycles. The molecule has 0 spiro atoms. The molecule has 1 aromatic rings. The molecule has 0 bridgehead atoms. The second kappa shape index (κ2) is 3.54. The molecule has 0 saturated carbocycles. The molecule has 0 amide bonds. The monoisotopic (exact) mass is 156 g/mol. The molecule has 1 aromatic heterocycles. The molecular formula is C7H7ClNO. The van der Waals surface area contributed by atoms with Crippen molar-refractivity contribution in [1.29, 1.82) is 0 Å². The van der Waals surface area contributed by atoms with E-state index in [9.17, 15) is 0 Å². The third-order valence-electron chi connectivity index (χ3n) is 1.03. The summed E-state index contributed by atoms with van der Waals surface area (Å²) in [6, 6.07) is 4.62. The van der Waals surface area contributed by atoms with Crippen LogP contribution in [0.5, 0.6) is 0 Å². The van der Waals surface area contributed by atoms with E-state index in [1.54, 1.807) is 13.2 Å². The van der Waals surface area contributed by atoms with Crippen LogP contribution in [0, 0.1) is 6.07 Å². The molecule has 0 N–H and O–H groups in total. The van der Waals surface area contributed by atoms with Gasteiger partial charge in [0.25, 0.3) is 0 Å². The van der Waals surface area contributed by atoms with Crippen molar-refractivity contribution in [3.63, 3.8) is 0 Å². The molecule has 0 aromatic carbocycles. The Hall–Kier alpha value is -0.600. The molecule has 1 radical (unpaired) electrons. The van der Waals surface area contributed by atoms with Crippen molar-refractivity contribution >= 4 is 11.6 Å². The lowest BCUT2D eigenvalue weighted by atomic mass is 10.3. The Morgan fingerprint density at radius 3 is 3.20 bits per heavy atom. The first kappa shape index (κ1) is 7.51. The van der Waals surface area contributed by atoms with Crippen LogP contribution in [0.25, 0.3) is 0 Å². The quantitative estimate of drug-likeness (QED) is 0.608. The fourth-order valence-electron chi connectivity index (χ4n) is 0.638. The minimum atomic E-state index is 0.478. The van der Waals surface area contributed by atoms with E-state index >= 15 is 0 Å². The summed E-state index contributed by atoms with van der Waals surface area (Å²) < 4.78 is 4.87. The highest BCUT2D eigenvalue weighted by Crippen LogP contribution is 2.06. The lowest BCUT2D eigenvalue weighted by molar-refractivity contribution is 0.184. The van der Waals surface area contributed by atoms with Crippen molar-refractivity contribution in [3.8, 4) is 0 Å². The molecule has 1 heterocycles. The van der Waals surface area contributed by atoms with Crippen molar-refractivity contribution in [2.24, 2.45) is 0 Å². The van der Waals surface area contributed by atoms with Crippen LogP contribution >= 0.6 is 11.6 Å². The Morgan fingerprint density at radius 1 is 1.80 bits per heavy atom. The van der Waals surface area contributed by atoms with Gasteiger partial charge in [0, 0.05) is 19.4 Å². The molecule has 10 heavy (non-hydrogen) atoms. The van der Waals surface area contributed by atoms with Gasteiger partial charge in [-0.1, -0.05) is 11.6 Å². The maximum atomic E-state index is 5.59. The normalized spacial score (nSPS) is 9.80. The summed E-state index contributed by atoms with van der Waals surface area (Å²) in [6.07, 6.45) is 1.54. The van der Waals surface area contributed by atoms with Gasteiger partial charge in [0.2, 0.25) is 0 Å². The Labute approximate surface area is 64.8 Å². The van der Waals surface area contributed by atoms with Gasteiger partial charge in [-0.3, -0.25) is 0 Å². The Morgan fingerprint density at radius 2 is 2.60 bits per heavy atom. The van der Waals surface area contributed by atoms with E-state index in [4.69, 9.17) is 16.3 Å². The fraction of sp³-hybridized carbons (Fsp3) is 0.286. The second-order valence-electron chi connectivity index (χ2n) is 1.83. The highest BCUT2D eigenvalue weighted by molar-refractivity contribution is 6.29. The topological polar surface area (TPSA) is 22.1 Å². The Bertz CT molecular complexity index is 215. The van der Waals surface area contributed by atoms with Crippen molar-refractivity contribution in [3.05, 3.63) is 29.0 Å². The standard InChI is InChI=1S/C7H7ClNO/c1-10-5-6-2-3-9-7(8)4-6/h3-4H,5H2,1H3. The Balaban J connectivity index is 2.75. The summed E-state index contributed by atoms with van der Waals surface area (Å²) in [5.74, 6) is 0. The van der Waals surface area contributed by atoms with E-state index in [0.717, 1.165) is 5.56 Å². The highest BCUT2D eigenvalue weighted by atomic mass is 35.5. The number of halogens is 1. The SMILES string of the molecule is COCc1[c]cnc(Cl)c1. The van der Waals surface area contributed by atoms with Gasteiger partial charge in [0.15, 0.2) is 0 Å². The number of aromatic nitrogens is 1. The maximum Gasteiger partial charge on any atom is 0.129 e. The average molecular weight is 157 g/mol. The smallest absolute Gasteiger partial charge is 0.129 e. The van der Waals surface area contributed by atoms with Crippen LogP contribution in [0.4, 0.5) is 0 Å². The summed E-state index contributed by atoms with van der Waals surface area (Å²) in [7, 11) is 1.63. The van der Waals surface area contributed by atoms with E-state index in [0.29, 0.717) is 11.8 Å². The number of methoxy groups -OCH3 is 1. The van der Waals surface area contributed by atoms with Crippen LogP contribution in [0.15, 0.2) is 12.3 Å². The van der Waals surface area contributed by atoms with Crippen molar-refractivity contribution < 1.29 is 4.74 Å². The molecular weight excluding hydrogens is 150 g/mol. The maximum absolute atomic E-state index is 5.59. The van der Waals surface area contributed by atoms with Crippen molar-refractivity contribution in [2.75, 3.05) is 7.11 Å². The van der Waals surface area contributed by atoms with Gasteiger partial charge < -0.3 is 4.74 Å². The first-order valence-electron chi connectivity index (χ1n) is 2.84. The number of nitrogens with zero attached hydrogens (tertiary/aromatic N) is 1. The van der Waals surface area contributed by atoms with Gasteiger partial charge in [-0.25, -0.2) is 4.98 Å². The first-order chi connectivity index (χ1) is 4.83. The minimum absolute atomic E-state index is 0.478. The minimum Gasteiger partial charge on any atom is -0.380 e. The van der Waals surface area contributed by atoms with Crippen LogP contribution in [0.1, 0.15) is 5.56 Å². The van der Waals surface area contributed by atoms with Crippen LogP contribution in [0.2, 0.25) is 5.15 Å². The number of hydrogen-bond donors (Lipinski definition) is 0. The first-order valence-corrected chi connectivity index (χ1v) is 3.22. The predicted molar refractivity (Wildman–Crippen MR) is 38.8 cm³/mol.